The zero-order valence-corrected chi connectivity index (χ0v) is 15.3. The van der Waals surface area contributed by atoms with E-state index in [9.17, 15) is 9.59 Å². The Bertz CT molecular complexity index is 1190. The van der Waals surface area contributed by atoms with Crippen LogP contribution in [0.3, 0.4) is 0 Å². The van der Waals surface area contributed by atoms with E-state index in [-0.39, 0.29) is 11.3 Å². The number of aryl methyl sites for hydroxylation is 2. The van der Waals surface area contributed by atoms with Gasteiger partial charge in [0, 0.05) is 24.2 Å². The molecule has 0 aliphatic rings. The number of carbonyl (C=O) groups excluding carboxylic acids is 1. The molecular formula is C19H18N6O3. The Kier molecular flexibility index (Phi) is 4.48. The Hall–Kier alpha value is -3.75. The van der Waals surface area contributed by atoms with Crippen molar-refractivity contribution < 1.29 is 9.42 Å². The molecule has 0 saturated carbocycles. The molecule has 9 nitrogen and oxygen atoms in total. The lowest BCUT2D eigenvalue weighted by atomic mass is 10.0. The minimum atomic E-state index is -0.404. The molecule has 0 saturated heterocycles. The number of nitrogens with one attached hydrogen (secondary N) is 2. The van der Waals surface area contributed by atoms with Crippen molar-refractivity contribution in [1.29, 1.82) is 0 Å². The quantitative estimate of drug-likeness (QED) is 0.546. The van der Waals surface area contributed by atoms with Crippen molar-refractivity contribution in [2.24, 2.45) is 0 Å². The first-order valence-electron chi connectivity index (χ1n) is 8.74. The molecule has 1 aromatic carbocycles. The molecule has 4 aromatic rings. The highest BCUT2D eigenvalue weighted by molar-refractivity contribution is 5.93. The van der Waals surface area contributed by atoms with Crippen molar-refractivity contribution in [3.05, 3.63) is 81.2 Å². The number of aromatic amines is 1. The number of amides is 1. The summed E-state index contributed by atoms with van der Waals surface area (Å²) >= 11 is 0. The predicted molar refractivity (Wildman–Crippen MR) is 99.9 cm³/mol. The van der Waals surface area contributed by atoms with Crippen molar-refractivity contribution in [1.82, 2.24) is 30.2 Å². The number of benzene rings is 1. The van der Waals surface area contributed by atoms with E-state index in [0.29, 0.717) is 23.5 Å². The Morgan fingerprint density at radius 3 is 2.71 bits per heavy atom. The van der Waals surface area contributed by atoms with Crippen LogP contribution in [0.15, 0.2) is 51.9 Å². The van der Waals surface area contributed by atoms with Crippen molar-refractivity contribution in [3.8, 4) is 0 Å². The summed E-state index contributed by atoms with van der Waals surface area (Å²) in [7, 11) is 0. The first-order chi connectivity index (χ1) is 13.5. The molecule has 0 radical (unpaired) electrons. The highest BCUT2D eigenvalue weighted by Crippen LogP contribution is 2.18. The summed E-state index contributed by atoms with van der Waals surface area (Å²) in [6.07, 6.45) is 0.343. The van der Waals surface area contributed by atoms with Crippen molar-refractivity contribution in [3.63, 3.8) is 0 Å². The van der Waals surface area contributed by atoms with Gasteiger partial charge in [0.05, 0.1) is 11.7 Å². The van der Waals surface area contributed by atoms with Crippen molar-refractivity contribution in [2.75, 3.05) is 0 Å². The van der Waals surface area contributed by atoms with E-state index in [1.54, 1.807) is 13.0 Å². The number of hydrogen-bond acceptors (Lipinski definition) is 6. The zero-order valence-electron chi connectivity index (χ0n) is 15.3. The third-order valence-corrected chi connectivity index (χ3v) is 4.42. The van der Waals surface area contributed by atoms with Gasteiger partial charge in [0.2, 0.25) is 0 Å². The van der Waals surface area contributed by atoms with E-state index in [4.69, 9.17) is 0 Å². The second-order valence-electron chi connectivity index (χ2n) is 6.56. The van der Waals surface area contributed by atoms with Crippen LogP contribution >= 0.6 is 0 Å². The van der Waals surface area contributed by atoms with Gasteiger partial charge in [-0.1, -0.05) is 35.5 Å². The molecule has 0 aliphatic heterocycles. The standard InChI is InChI=1S/C19H18N6O3/c1-11-8-16-20-14(10-17(26)25(16)22-11)9-15(13-6-4-3-5-7-13)21-19(27)18-12(2)23-28-24-18/h3-8,10,15,22H,9H2,1-2H3,(H,21,27)/t15-/m1/s1. The average molecular weight is 378 g/mol. The molecule has 0 fully saturated rings. The molecule has 3 aromatic heterocycles. The maximum atomic E-state index is 12.6. The first-order valence-corrected chi connectivity index (χ1v) is 8.74. The lowest BCUT2D eigenvalue weighted by molar-refractivity contribution is 0.0926. The summed E-state index contributed by atoms with van der Waals surface area (Å²) < 4.78 is 6.01. The van der Waals surface area contributed by atoms with Gasteiger partial charge in [-0.2, -0.15) is 0 Å². The number of H-pyrrole nitrogens is 1. The molecule has 0 bridgehead atoms. The van der Waals surface area contributed by atoms with Gasteiger partial charge in [-0.15, -0.1) is 0 Å². The smallest absolute Gasteiger partial charge is 0.275 e. The van der Waals surface area contributed by atoms with Crippen LogP contribution in [-0.2, 0) is 6.42 Å². The van der Waals surface area contributed by atoms with Crippen molar-refractivity contribution >= 4 is 11.6 Å². The Labute approximate surface area is 159 Å². The van der Waals surface area contributed by atoms with E-state index in [1.165, 1.54) is 10.6 Å². The summed E-state index contributed by atoms with van der Waals surface area (Å²) in [6.45, 7) is 3.50. The number of rotatable bonds is 5. The van der Waals surface area contributed by atoms with E-state index < -0.39 is 11.9 Å². The van der Waals surface area contributed by atoms with Crippen LogP contribution in [-0.4, -0.2) is 30.8 Å². The number of hydrogen-bond donors (Lipinski definition) is 2. The minimum Gasteiger partial charge on any atom is -0.343 e. The maximum Gasteiger partial charge on any atom is 0.275 e. The maximum absolute atomic E-state index is 12.6. The lowest BCUT2D eigenvalue weighted by Gasteiger charge is -2.18. The molecule has 28 heavy (non-hydrogen) atoms. The fourth-order valence-electron chi connectivity index (χ4n) is 3.08. The fourth-order valence-corrected chi connectivity index (χ4v) is 3.08. The van der Waals surface area contributed by atoms with Crippen LogP contribution < -0.4 is 10.9 Å². The van der Waals surface area contributed by atoms with Gasteiger partial charge >= 0.3 is 0 Å². The van der Waals surface area contributed by atoms with Crippen LogP contribution in [0.5, 0.6) is 0 Å². The highest BCUT2D eigenvalue weighted by Gasteiger charge is 2.21. The number of aromatic nitrogens is 5. The van der Waals surface area contributed by atoms with Gasteiger partial charge in [-0.05, 0) is 24.6 Å². The topological polar surface area (TPSA) is 118 Å². The van der Waals surface area contributed by atoms with Crippen LogP contribution in [0.4, 0.5) is 0 Å². The largest absolute Gasteiger partial charge is 0.343 e. The molecule has 2 N–H and O–H groups in total. The number of carbonyl (C=O) groups is 1. The molecule has 3 heterocycles. The number of fused-ring (bicyclic) bond motifs is 1. The molecule has 1 atom stereocenters. The van der Waals surface area contributed by atoms with Crippen LogP contribution in [0.25, 0.3) is 5.65 Å². The molecule has 142 valence electrons. The van der Waals surface area contributed by atoms with Gasteiger partial charge in [0.15, 0.2) is 11.3 Å². The van der Waals surface area contributed by atoms with Crippen LogP contribution in [0, 0.1) is 13.8 Å². The van der Waals surface area contributed by atoms with E-state index in [2.05, 4.69) is 30.3 Å². The van der Waals surface area contributed by atoms with E-state index in [0.717, 1.165) is 11.3 Å². The normalized spacial score (nSPS) is 12.2. The third kappa shape index (κ3) is 3.41. The monoisotopic (exact) mass is 378 g/mol. The average Bonchev–Trinajstić information content (AvgIpc) is 3.27. The minimum absolute atomic E-state index is 0.130. The fraction of sp³-hybridized carbons (Fsp3) is 0.211. The van der Waals surface area contributed by atoms with Gasteiger partial charge in [0.1, 0.15) is 5.69 Å². The Morgan fingerprint density at radius 1 is 1.21 bits per heavy atom. The van der Waals surface area contributed by atoms with Gasteiger partial charge < -0.3 is 5.32 Å². The van der Waals surface area contributed by atoms with Gasteiger partial charge in [0.25, 0.3) is 11.5 Å². The summed E-state index contributed by atoms with van der Waals surface area (Å²) in [5, 5.41) is 13.2. The Morgan fingerprint density at radius 2 is 2.00 bits per heavy atom. The molecule has 0 unspecified atom stereocenters. The summed E-state index contributed by atoms with van der Waals surface area (Å²) in [5.41, 5.74) is 3.17. The third-order valence-electron chi connectivity index (χ3n) is 4.42. The Balaban J connectivity index is 1.67. The second-order valence-corrected chi connectivity index (χ2v) is 6.56. The summed E-state index contributed by atoms with van der Waals surface area (Å²) in [6, 6.07) is 12.3. The second kappa shape index (κ2) is 7.10. The van der Waals surface area contributed by atoms with E-state index >= 15 is 0 Å². The molecule has 0 aliphatic carbocycles. The summed E-state index contributed by atoms with van der Waals surface area (Å²) in [4.78, 5) is 29.5. The van der Waals surface area contributed by atoms with Gasteiger partial charge in [-0.25, -0.2) is 14.1 Å². The molecule has 4 rings (SSSR count). The predicted octanol–water partition coefficient (Wildman–Crippen LogP) is 1.74. The molecular weight excluding hydrogens is 360 g/mol. The SMILES string of the molecule is Cc1cc2nc(C[C@@H](NC(=O)c3nonc3C)c3ccccc3)cc(=O)n2[nH]1. The van der Waals surface area contributed by atoms with E-state index in [1.807, 2.05) is 37.3 Å². The zero-order chi connectivity index (χ0) is 19.7. The molecule has 0 spiro atoms. The first kappa shape index (κ1) is 17.7. The summed E-state index contributed by atoms with van der Waals surface area (Å²) in [5.74, 6) is -0.400. The lowest BCUT2D eigenvalue weighted by Crippen LogP contribution is -2.31. The van der Waals surface area contributed by atoms with Gasteiger partial charge in [-0.3, -0.25) is 14.7 Å². The molecule has 1 amide bonds. The molecule has 9 heteroatoms. The van der Waals surface area contributed by atoms with Crippen LogP contribution in [0.2, 0.25) is 0 Å². The van der Waals surface area contributed by atoms with Crippen LogP contribution in [0.1, 0.15) is 39.2 Å². The van der Waals surface area contributed by atoms with Crippen molar-refractivity contribution in [2.45, 2.75) is 26.3 Å². The highest BCUT2D eigenvalue weighted by atomic mass is 16.6. The number of nitrogens with zero attached hydrogens (tertiary/aromatic N) is 4.